The summed E-state index contributed by atoms with van der Waals surface area (Å²) in [6.07, 6.45) is 0.116. The normalized spacial score (nSPS) is 15.9. The van der Waals surface area contributed by atoms with E-state index in [0.717, 1.165) is 5.56 Å². The minimum Gasteiger partial charge on any atom is -0.496 e. The molecule has 0 saturated carbocycles. The van der Waals surface area contributed by atoms with E-state index in [1.807, 2.05) is 24.3 Å². The summed E-state index contributed by atoms with van der Waals surface area (Å²) in [5, 5.41) is 3.25. The number of ether oxygens (including phenoxy) is 3. The number of hydrogen-bond acceptors (Lipinski definition) is 5. The number of anilines is 1. The van der Waals surface area contributed by atoms with Crippen LogP contribution in [0.15, 0.2) is 36.4 Å². The lowest BCUT2D eigenvalue weighted by Gasteiger charge is -2.21. The van der Waals surface area contributed by atoms with Crippen LogP contribution in [0, 0.1) is 5.92 Å². The minimum atomic E-state index is -0.470. The molecule has 7 nitrogen and oxygen atoms in total. The number of methoxy groups -OCH3 is 3. The van der Waals surface area contributed by atoms with Crippen molar-refractivity contribution in [3.05, 3.63) is 47.0 Å². The minimum absolute atomic E-state index is 0.116. The molecule has 1 saturated heterocycles. The van der Waals surface area contributed by atoms with Gasteiger partial charge in [-0.3, -0.25) is 9.59 Å². The molecule has 0 aliphatic carbocycles. The maximum Gasteiger partial charge on any atom is 0.227 e. The van der Waals surface area contributed by atoms with E-state index in [-0.39, 0.29) is 24.8 Å². The Morgan fingerprint density at radius 1 is 1.10 bits per heavy atom. The van der Waals surface area contributed by atoms with Gasteiger partial charge in [-0.15, -0.1) is 0 Å². The van der Waals surface area contributed by atoms with Gasteiger partial charge < -0.3 is 24.4 Å². The Balaban J connectivity index is 1.71. The van der Waals surface area contributed by atoms with Crippen molar-refractivity contribution in [3.63, 3.8) is 0 Å². The fourth-order valence-electron chi connectivity index (χ4n) is 3.35. The van der Waals surface area contributed by atoms with Crippen LogP contribution in [0.25, 0.3) is 0 Å². The van der Waals surface area contributed by atoms with Crippen molar-refractivity contribution < 1.29 is 23.8 Å². The second-order valence-corrected chi connectivity index (χ2v) is 7.00. The number of hydrogen-bond donors (Lipinski definition) is 1. The van der Waals surface area contributed by atoms with Crippen molar-refractivity contribution in [2.75, 3.05) is 32.8 Å². The van der Waals surface area contributed by atoms with Crippen LogP contribution in [0.2, 0.25) is 5.02 Å². The highest BCUT2D eigenvalue weighted by Crippen LogP contribution is 2.40. The number of para-hydroxylation sites is 1. The Morgan fingerprint density at radius 2 is 1.79 bits per heavy atom. The molecule has 0 spiro atoms. The van der Waals surface area contributed by atoms with Crippen molar-refractivity contribution >= 4 is 29.1 Å². The first-order valence-corrected chi connectivity index (χ1v) is 9.47. The number of benzene rings is 2. The lowest BCUT2D eigenvalue weighted by Crippen LogP contribution is -2.32. The average molecular weight is 419 g/mol. The summed E-state index contributed by atoms with van der Waals surface area (Å²) in [6, 6.07) is 10.7. The zero-order valence-corrected chi connectivity index (χ0v) is 17.3. The van der Waals surface area contributed by atoms with E-state index in [9.17, 15) is 9.59 Å². The lowest BCUT2D eigenvalue weighted by molar-refractivity contribution is -0.126. The van der Waals surface area contributed by atoms with Gasteiger partial charge in [0.25, 0.3) is 0 Å². The first-order valence-electron chi connectivity index (χ1n) is 9.10. The molecule has 1 fully saturated rings. The predicted molar refractivity (Wildman–Crippen MR) is 110 cm³/mol. The topological polar surface area (TPSA) is 77.1 Å². The summed E-state index contributed by atoms with van der Waals surface area (Å²) in [5.41, 5.74) is 1.39. The Labute approximate surface area is 174 Å². The molecule has 2 amide bonds. The van der Waals surface area contributed by atoms with E-state index >= 15 is 0 Å². The van der Waals surface area contributed by atoms with Crippen LogP contribution in [0.3, 0.4) is 0 Å². The molecule has 1 heterocycles. The third-order valence-corrected chi connectivity index (χ3v) is 5.18. The zero-order chi connectivity index (χ0) is 21.0. The van der Waals surface area contributed by atoms with E-state index in [1.165, 1.54) is 19.1 Å². The second kappa shape index (κ2) is 9.05. The van der Waals surface area contributed by atoms with Gasteiger partial charge in [0.05, 0.1) is 38.0 Å². The summed E-state index contributed by atoms with van der Waals surface area (Å²) >= 11 is 6.22. The van der Waals surface area contributed by atoms with Crippen LogP contribution in [-0.2, 0) is 16.1 Å². The molecule has 2 aromatic carbocycles. The molecule has 8 heteroatoms. The summed E-state index contributed by atoms with van der Waals surface area (Å²) < 4.78 is 15.9. The smallest absolute Gasteiger partial charge is 0.227 e. The number of halogens is 1. The summed E-state index contributed by atoms with van der Waals surface area (Å²) in [6.45, 7) is 0.570. The van der Waals surface area contributed by atoms with E-state index in [0.29, 0.717) is 34.5 Å². The van der Waals surface area contributed by atoms with Gasteiger partial charge in [-0.2, -0.15) is 0 Å². The van der Waals surface area contributed by atoms with E-state index in [2.05, 4.69) is 5.32 Å². The largest absolute Gasteiger partial charge is 0.496 e. The van der Waals surface area contributed by atoms with Crippen LogP contribution in [0.5, 0.6) is 17.2 Å². The zero-order valence-electron chi connectivity index (χ0n) is 16.5. The van der Waals surface area contributed by atoms with Crippen molar-refractivity contribution in [1.82, 2.24) is 5.32 Å². The molecular weight excluding hydrogens is 396 g/mol. The van der Waals surface area contributed by atoms with Crippen LogP contribution in [0.4, 0.5) is 5.69 Å². The predicted octanol–water partition coefficient (Wildman–Crippen LogP) is 3.04. The van der Waals surface area contributed by atoms with Gasteiger partial charge in [0.1, 0.15) is 17.2 Å². The maximum absolute atomic E-state index is 12.7. The highest BCUT2D eigenvalue weighted by Gasteiger charge is 2.36. The number of carbonyl (C=O) groups excluding carboxylic acids is 2. The number of amides is 2. The monoisotopic (exact) mass is 418 g/mol. The lowest BCUT2D eigenvalue weighted by atomic mass is 10.1. The summed E-state index contributed by atoms with van der Waals surface area (Å²) in [7, 11) is 4.59. The van der Waals surface area contributed by atoms with Crippen molar-refractivity contribution in [2.45, 2.75) is 13.0 Å². The molecule has 0 radical (unpaired) electrons. The number of carbonyl (C=O) groups is 2. The molecule has 3 rings (SSSR count). The van der Waals surface area contributed by atoms with Crippen LogP contribution in [-0.4, -0.2) is 39.7 Å². The second-order valence-electron chi connectivity index (χ2n) is 6.59. The molecule has 0 aromatic heterocycles. The quantitative estimate of drug-likeness (QED) is 0.747. The molecule has 0 bridgehead atoms. The Morgan fingerprint density at radius 3 is 2.48 bits per heavy atom. The summed E-state index contributed by atoms with van der Waals surface area (Å²) in [5.74, 6) is 0.782. The van der Waals surface area contributed by atoms with Crippen LogP contribution >= 0.6 is 11.6 Å². The van der Waals surface area contributed by atoms with Crippen molar-refractivity contribution in [3.8, 4) is 17.2 Å². The SMILES string of the molecule is COc1cc(OC)c(N2CC(C(=O)NCc3ccccc3OC)CC2=O)cc1Cl. The third kappa shape index (κ3) is 4.40. The molecular formula is C21H23ClN2O5. The molecule has 1 atom stereocenters. The molecule has 2 aromatic rings. The Bertz CT molecular complexity index is 918. The van der Waals surface area contributed by atoms with Crippen LogP contribution < -0.4 is 24.4 Å². The van der Waals surface area contributed by atoms with Gasteiger partial charge in [0, 0.05) is 31.1 Å². The van der Waals surface area contributed by atoms with Crippen molar-refractivity contribution in [2.24, 2.45) is 5.92 Å². The number of nitrogens with one attached hydrogen (secondary N) is 1. The Hall–Kier alpha value is -2.93. The van der Waals surface area contributed by atoms with E-state index < -0.39 is 5.92 Å². The molecule has 1 aliphatic rings. The van der Waals surface area contributed by atoms with Crippen molar-refractivity contribution in [1.29, 1.82) is 0 Å². The highest BCUT2D eigenvalue weighted by atomic mass is 35.5. The fraction of sp³-hybridized carbons (Fsp3) is 0.333. The van der Waals surface area contributed by atoms with Gasteiger partial charge in [-0.25, -0.2) is 0 Å². The van der Waals surface area contributed by atoms with Gasteiger partial charge in [0.15, 0.2) is 0 Å². The molecule has 154 valence electrons. The number of rotatable bonds is 7. The molecule has 1 unspecified atom stereocenters. The van der Waals surface area contributed by atoms with E-state index in [4.69, 9.17) is 25.8 Å². The van der Waals surface area contributed by atoms with Gasteiger partial charge in [0.2, 0.25) is 11.8 Å². The molecule has 29 heavy (non-hydrogen) atoms. The Kier molecular flexibility index (Phi) is 6.49. The first-order chi connectivity index (χ1) is 14.0. The van der Waals surface area contributed by atoms with E-state index in [1.54, 1.807) is 19.2 Å². The third-order valence-electron chi connectivity index (χ3n) is 4.89. The molecule has 1 aliphatic heterocycles. The highest BCUT2D eigenvalue weighted by molar-refractivity contribution is 6.32. The standard InChI is InChI=1S/C21H23ClN2O5/c1-27-17-7-5-4-6-13(17)11-23-21(26)14-8-20(25)24(12-14)16-9-15(22)18(28-2)10-19(16)29-3/h4-7,9-10,14H,8,11-12H2,1-3H3,(H,23,26). The molecule has 1 N–H and O–H groups in total. The number of nitrogens with zero attached hydrogens (tertiary/aromatic N) is 1. The maximum atomic E-state index is 12.7. The summed E-state index contributed by atoms with van der Waals surface area (Å²) in [4.78, 5) is 26.8. The van der Waals surface area contributed by atoms with Gasteiger partial charge in [-0.1, -0.05) is 29.8 Å². The average Bonchev–Trinajstić information content (AvgIpc) is 3.13. The van der Waals surface area contributed by atoms with Crippen LogP contribution in [0.1, 0.15) is 12.0 Å². The fourth-order valence-corrected chi connectivity index (χ4v) is 3.58. The first kappa shape index (κ1) is 20.8. The van der Waals surface area contributed by atoms with Gasteiger partial charge >= 0.3 is 0 Å². The van der Waals surface area contributed by atoms with Gasteiger partial charge in [-0.05, 0) is 12.1 Å².